The second-order valence-electron chi connectivity index (χ2n) is 6.33. The zero-order valence-electron chi connectivity index (χ0n) is 12.9. The molecule has 0 aromatic carbocycles. The van der Waals surface area contributed by atoms with Crippen LogP contribution in [0.3, 0.4) is 0 Å². The van der Waals surface area contributed by atoms with Crippen LogP contribution in [0.25, 0.3) is 0 Å². The summed E-state index contributed by atoms with van der Waals surface area (Å²) >= 11 is 0. The minimum absolute atomic E-state index is 0.0527. The molecule has 19 heavy (non-hydrogen) atoms. The maximum atomic E-state index is 9.91. The molecule has 1 aliphatic heterocycles. The van der Waals surface area contributed by atoms with E-state index in [9.17, 15) is 5.11 Å². The van der Waals surface area contributed by atoms with Crippen molar-refractivity contribution in [2.75, 3.05) is 45.9 Å². The fourth-order valence-electron chi connectivity index (χ4n) is 3.64. The van der Waals surface area contributed by atoms with Crippen molar-refractivity contribution in [1.82, 2.24) is 15.1 Å². The third-order valence-electron chi connectivity index (χ3n) is 4.93. The summed E-state index contributed by atoms with van der Waals surface area (Å²) < 4.78 is 0. The summed E-state index contributed by atoms with van der Waals surface area (Å²) in [6.07, 6.45) is 2.55. The van der Waals surface area contributed by atoms with E-state index < -0.39 is 0 Å². The summed E-state index contributed by atoms with van der Waals surface area (Å²) in [6.45, 7) is 13.5. The zero-order valence-corrected chi connectivity index (χ0v) is 12.9. The molecule has 0 radical (unpaired) electrons. The van der Waals surface area contributed by atoms with Crippen LogP contribution in [-0.2, 0) is 0 Å². The lowest BCUT2D eigenvalue weighted by Crippen LogP contribution is -2.61. The number of likely N-dealkylation sites (N-methyl/N-ethyl adjacent to an activating group) is 2. The number of hydrogen-bond donors (Lipinski definition) is 2. The lowest BCUT2D eigenvalue weighted by molar-refractivity contribution is 0.0399. The van der Waals surface area contributed by atoms with Gasteiger partial charge < -0.3 is 10.4 Å². The third-order valence-corrected chi connectivity index (χ3v) is 4.93. The van der Waals surface area contributed by atoms with Gasteiger partial charge in [-0.15, -0.1) is 0 Å². The second kappa shape index (κ2) is 6.53. The Hall–Kier alpha value is -0.160. The molecule has 2 fully saturated rings. The molecule has 2 unspecified atom stereocenters. The van der Waals surface area contributed by atoms with Crippen molar-refractivity contribution in [2.45, 2.75) is 45.2 Å². The number of aliphatic hydroxyl groups excluding tert-OH is 1. The van der Waals surface area contributed by atoms with Gasteiger partial charge in [0.05, 0.1) is 12.1 Å². The Balaban J connectivity index is 1.94. The smallest absolute Gasteiger partial charge is 0.0628 e. The molecule has 2 aliphatic rings. The first kappa shape index (κ1) is 15.2. The Kier molecular flexibility index (Phi) is 5.23. The summed E-state index contributed by atoms with van der Waals surface area (Å²) in [5.74, 6) is 0.678. The van der Waals surface area contributed by atoms with Gasteiger partial charge in [0.15, 0.2) is 0 Å². The van der Waals surface area contributed by atoms with Gasteiger partial charge in [-0.1, -0.05) is 13.8 Å². The van der Waals surface area contributed by atoms with E-state index in [1.807, 2.05) is 0 Å². The molecule has 0 bridgehead atoms. The average Bonchev–Trinajstić information content (AvgIpc) is 3.23. The topological polar surface area (TPSA) is 38.7 Å². The van der Waals surface area contributed by atoms with Crippen LogP contribution in [0, 0.1) is 5.92 Å². The molecule has 1 saturated heterocycles. The van der Waals surface area contributed by atoms with Gasteiger partial charge in [-0.2, -0.15) is 0 Å². The van der Waals surface area contributed by atoms with E-state index in [1.165, 1.54) is 12.8 Å². The molecule has 4 heteroatoms. The molecule has 1 heterocycles. The Bertz CT molecular complexity index is 283. The van der Waals surface area contributed by atoms with Gasteiger partial charge >= 0.3 is 0 Å². The monoisotopic (exact) mass is 269 g/mol. The molecule has 2 atom stereocenters. The van der Waals surface area contributed by atoms with Crippen LogP contribution in [0.5, 0.6) is 0 Å². The van der Waals surface area contributed by atoms with Gasteiger partial charge in [0.1, 0.15) is 0 Å². The van der Waals surface area contributed by atoms with Crippen molar-refractivity contribution in [3.8, 4) is 0 Å². The SMILES string of the molecule is CCNC(CO)(CN1CCN(CC)C(C)C1)C1CC1. The molecule has 0 spiro atoms. The van der Waals surface area contributed by atoms with Crippen molar-refractivity contribution in [2.24, 2.45) is 5.92 Å². The Morgan fingerprint density at radius 3 is 2.47 bits per heavy atom. The highest BCUT2D eigenvalue weighted by atomic mass is 16.3. The second-order valence-corrected chi connectivity index (χ2v) is 6.33. The van der Waals surface area contributed by atoms with Gasteiger partial charge in [-0.25, -0.2) is 0 Å². The molecule has 4 nitrogen and oxygen atoms in total. The molecular weight excluding hydrogens is 238 g/mol. The molecule has 2 N–H and O–H groups in total. The number of hydrogen-bond acceptors (Lipinski definition) is 4. The third kappa shape index (κ3) is 3.48. The van der Waals surface area contributed by atoms with Gasteiger partial charge in [0, 0.05) is 32.2 Å². The fourth-order valence-corrected chi connectivity index (χ4v) is 3.64. The van der Waals surface area contributed by atoms with Crippen molar-refractivity contribution in [3.05, 3.63) is 0 Å². The van der Waals surface area contributed by atoms with Crippen LogP contribution >= 0.6 is 0 Å². The summed E-state index contributed by atoms with van der Waals surface area (Å²) in [5, 5.41) is 13.5. The number of aliphatic hydroxyl groups is 1. The van der Waals surface area contributed by atoms with Crippen LogP contribution in [0.2, 0.25) is 0 Å². The lowest BCUT2D eigenvalue weighted by Gasteiger charge is -2.44. The van der Waals surface area contributed by atoms with Gasteiger partial charge in [-0.3, -0.25) is 9.80 Å². The van der Waals surface area contributed by atoms with Crippen molar-refractivity contribution < 1.29 is 5.11 Å². The highest BCUT2D eigenvalue weighted by molar-refractivity contribution is 5.03. The van der Waals surface area contributed by atoms with E-state index in [4.69, 9.17) is 0 Å². The van der Waals surface area contributed by atoms with E-state index in [0.717, 1.165) is 39.3 Å². The summed E-state index contributed by atoms with van der Waals surface area (Å²) in [7, 11) is 0. The van der Waals surface area contributed by atoms with Crippen molar-refractivity contribution >= 4 is 0 Å². The summed E-state index contributed by atoms with van der Waals surface area (Å²) in [6, 6.07) is 0.635. The number of rotatable bonds is 7. The van der Waals surface area contributed by atoms with E-state index >= 15 is 0 Å². The van der Waals surface area contributed by atoms with Crippen molar-refractivity contribution in [3.63, 3.8) is 0 Å². The molecule has 0 aromatic heterocycles. The normalized spacial score (nSPS) is 29.4. The molecule has 0 aromatic rings. The summed E-state index contributed by atoms with van der Waals surface area (Å²) in [4.78, 5) is 5.09. The predicted molar refractivity (Wildman–Crippen MR) is 79.4 cm³/mol. The Labute approximate surface area is 118 Å². The first-order valence-electron chi connectivity index (χ1n) is 7.97. The van der Waals surface area contributed by atoms with E-state index in [0.29, 0.717) is 12.0 Å². The Morgan fingerprint density at radius 1 is 1.26 bits per heavy atom. The molecule has 2 rings (SSSR count). The van der Waals surface area contributed by atoms with Crippen LogP contribution in [0.1, 0.15) is 33.6 Å². The largest absolute Gasteiger partial charge is 0.394 e. The van der Waals surface area contributed by atoms with Crippen molar-refractivity contribution in [1.29, 1.82) is 0 Å². The first-order valence-corrected chi connectivity index (χ1v) is 7.97. The molecular formula is C15H31N3O. The predicted octanol–water partition coefficient (Wildman–Crippen LogP) is 0.763. The minimum Gasteiger partial charge on any atom is -0.394 e. The average molecular weight is 269 g/mol. The number of nitrogens with zero attached hydrogens (tertiary/aromatic N) is 2. The van der Waals surface area contributed by atoms with Gasteiger partial charge in [-0.05, 0) is 38.8 Å². The van der Waals surface area contributed by atoms with Crippen LogP contribution in [-0.4, -0.2) is 72.4 Å². The fraction of sp³-hybridized carbons (Fsp3) is 1.00. The molecule has 0 amide bonds. The molecule has 1 saturated carbocycles. The Morgan fingerprint density at radius 2 is 2.00 bits per heavy atom. The quantitative estimate of drug-likeness (QED) is 0.716. The number of nitrogens with one attached hydrogen (secondary N) is 1. The molecule has 112 valence electrons. The zero-order chi connectivity index (χ0) is 13.9. The lowest BCUT2D eigenvalue weighted by atomic mass is 9.92. The maximum absolute atomic E-state index is 9.91. The summed E-state index contributed by atoms with van der Waals surface area (Å²) in [5.41, 5.74) is -0.0527. The van der Waals surface area contributed by atoms with Crippen LogP contribution in [0.4, 0.5) is 0 Å². The molecule has 1 aliphatic carbocycles. The highest BCUT2D eigenvalue weighted by Crippen LogP contribution is 2.40. The standard InChI is InChI=1S/C15H31N3O/c1-4-16-15(12-19,14-6-7-14)11-17-8-9-18(5-2)13(3)10-17/h13-14,16,19H,4-12H2,1-3H3. The first-order chi connectivity index (χ1) is 9.15. The van der Waals surface area contributed by atoms with Gasteiger partial charge in [0.2, 0.25) is 0 Å². The van der Waals surface area contributed by atoms with E-state index in [1.54, 1.807) is 0 Å². The van der Waals surface area contributed by atoms with Crippen LogP contribution in [0.15, 0.2) is 0 Å². The van der Waals surface area contributed by atoms with E-state index in [2.05, 4.69) is 35.9 Å². The number of piperazine rings is 1. The highest BCUT2D eigenvalue weighted by Gasteiger charge is 2.45. The van der Waals surface area contributed by atoms with Crippen LogP contribution < -0.4 is 5.32 Å². The van der Waals surface area contributed by atoms with Gasteiger partial charge in [0.25, 0.3) is 0 Å². The van der Waals surface area contributed by atoms with E-state index in [-0.39, 0.29) is 12.1 Å². The maximum Gasteiger partial charge on any atom is 0.0628 e. The minimum atomic E-state index is -0.0527.